The number of carbonyl (C=O) groups is 2. The fourth-order valence-corrected chi connectivity index (χ4v) is 3.62. The highest BCUT2D eigenvalue weighted by molar-refractivity contribution is 7.89. The Kier molecular flexibility index (Phi) is 10.6. The summed E-state index contributed by atoms with van der Waals surface area (Å²) >= 11 is 0. The third-order valence-electron chi connectivity index (χ3n) is 5.01. The number of pyridine rings is 2. The Morgan fingerprint density at radius 3 is 2.44 bits per heavy atom. The number of quaternary nitrogens is 1. The molecule has 3 rings (SSSR count). The molecule has 12 heteroatoms. The van der Waals surface area contributed by atoms with Crippen molar-refractivity contribution in [1.82, 2.24) is 14.4 Å². The van der Waals surface area contributed by atoms with Crippen molar-refractivity contribution in [3.8, 4) is 5.75 Å². The first-order valence-corrected chi connectivity index (χ1v) is 12.7. The number of rotatable bonds is 10. The van der Waals surface area contributed by atoms with Gasteiger partial charge in [0, 0.05) is 30.1 Å². The van der Waals surface area contributed by atoms with Gasteiger partial charge in [0.1, 0.15) is 5.75 Å². The van der Waals surface area contributed by atoms with Crippen LogP contribution in [0.4, 0.5) is 0 Å². The molecule has 1 amide bonds. The maximum absolute atomic E-state index is 12.3. The fourth-order valence-electron chi connectivity index (χ4n) is 2.87. The van der Waals surface area contributed by atoms with E-state index in [0.29, 0.717) is 22.8 Å². The number of hydrogen-bond donors (Lipinski definition) is 4. The van der Waals surface area contributed by atoms with Crippen molar-refractivity contribution in [3.63, 3.8) is 0 Å². The molecule has 1 atom stereocenters. The minimum Gasteiger partial charge on any atom is -0.492 e. The summed E-state index contributed by atoms with van der Waals surface area (Å²) in [6, 6.07) is 14.4. The summed E-state index contributed by atoms with van der Waals surface area (Å²) in [6.45, 7) is 2.78. The van der Waals surface area contributed by atoms with Crippen LogP contribution in [-0.2, 0) is 14.8 Å². The molecular formula is C24H31N4O7S+. The van der Waals surface area contributed by atoms with Crippen molar-refractivity contribution >= 4 is 27.4 Å². The quantitative estimate of drug-likeness (QED) is 0.280. The molecule has 36 heavy (non-hydrogen) atoms. The highest BCUT2D eigenvalue weighted by Crippen LogP contribution is 2.13. The van der Waals surface area contributed by atoms with Crippen molar-refractivity contribution in [2.45, 2.75) is 18.2 Å². The van der Waals surface area contributed by atoms with Crippen LogP contribution in [0, 0.1) is 5.92 Å². The Hall–Kier alpha value is -3.74. The van der Waals surface area contributed by atoms with E-state index in [1.807, 2.05) is 0 Å². The van der Waals surface area contributed by atoms with E-state index in [1.165, 1.54) is 24.4 Å². The Bertz CT molecular complexity index is 1340. The first-order valence-electron chi connectivity index (χ1n) is 11.2. The van der Waals surface area contributed by atoms with Gasteiger partial charge in [-0.2, -0.15) is 0 Å². The highest BCUT2D eigenvalue weighted by atomic mass is 32.2. The number of aliphatic carboxylic acids is 1. The van der Waals surface area contributed by atoms with E-state index in [9.17, 15) is 22.8 Å². The maximum atomic E-state index is 12.3. The molecular weight excluding hydrogens is 488 g/mol. The van der Waals surface area contributed by atoms with Crippen molar-refractivity contribution in [3.05, 3.63) is 76.7 Å². The van der Waals surface area contributed by atoms with Crippen LogP contribution in [0.1, 0.15) is 23.7 Å². The SMILES string of the molecule is CC(CNC(=O)c1cc(=O)n2cc(OCCC[NH3+])ccc2c1)C(=O)O.CNS(=O)(=O)c1ccccc1. The number of fused-ring (bicyclic) bond motifs is 1. The number of carboxylic acid groups (broad SMARTS) is 1. The normalized spacial score (nSPS) is 11.8. The molecule has 0 radical (unpaired) electrons. The Morgan fingerprint density at radius 2 is 1.83 bits per heavy atom. The number of carbonyl (C=O) groups excluding carboxylic acids is 1. The Labute approximate surface area is 209 Å². The van der Waals surface area contributed by atoms with Crippen LogP contribution in [0.3, 0.4) is 0 Å². The van der Waals surface area contributed by atoms with Crippen LogP contribution >= 0.6 is 0 Å². The van der Waals surface area contributed by atoms with E-state index >= 15 is 0 Å². The zero-order valence-corrected chi connectivity index (χ0v) is 21.0. The van der Waals surface area contributed by atoms with Crippen LogP contribution in [0.25, 0.3) is 5.52 Å². The summed E-state index contributed by atoms with van der Waals surface area (Å²) in [4.78, 5) is 35.5. The summed E-state index contributed by atoms with van der Waals surface area (Å²) in [5.74, 6) is -1.62. The number of nitrogens with one attached hydrogen (secondary N) is 2. The van der Waals surface area contributed by atoms with Gasteiger partial charge < -0.3 is 20.9 Å². The van der Waals surface area contributed by atoms with Gasteiger partial charge in [-0.1, -0.05) is 25.1 Å². The summed E-state index contributed by atoms with van der Waals surface area (Å²) in [5.41, 5.74) is 4.11. The second-order valence-corrected chi connectivity index (χ2v) is 9.65. The predicted octanol–water partition coefficient (Wildman–Crippen LogP) is 0.356. The van der Waals surface area contributed by atoms with E-state index in [0.717, 1.165) is 13.0 Å². The molecule has 2 aromatic heterocycles. The van der Waals surface area contributed by atoms with Gasteiger partial charge in [-0.3, -0.25) is 18.8 Å². The summed E-state index contributed by atoms with van der Waals surface area (Å²) < 4.78 is 31.3. The van der Waals surface area contributed by atoms with Gasteiger partial charge in [-0.25, -0.2) is 13.1 Å². The lowest BCUT2D eigenvalue weighted by molar-refractivity contribution is -0.368. The number of aromatic nitrogens is 1. The Morgan fingerprint density at radius 1 is 1.14 bits per heavy atom. The highest BCUT2D eigenvalue weighted by Gasteiger charge is 2.14. The molecule has 0 aliphatic heterocycles. The van der Waals surface area contributed by atoms with Crippen LogP contribution in [0.2, 0.25) is 0 Å². The molecule has 0 saturated heterocycles. The molecule has 0 aliphatic carbocycles. The van der Waals surface area contributed by atoms with Crippen molar-refractivity contribution in [2.75, 3.05) is 26.7 Å². The number of sulfonamides is 1. The topological polar surface area (TPSA) is 171 Å². The minimum atomic E-state index is -3.25. The van der Waals surface area contributed by atoms with Crippen LogP contribution in [0.15, 0.2) is 70.5 Å². The van der Waals surface area contributed by atoms with Crippen LogP contribution < -0.4 is 26.1 Å². The first kappa shape index (κ1) is 28.5. The second kappa shape index (κ2) is 13.4. The Balaban J connectivity index is 0.000000346. The average molecular weight is 520 g/mol. The summed E-state index contributed by atoms with van der Waals surface area (Å²) in [7, 11) is -1.86. The number of benzene rings is 1. The van der Waals surface area contributed by atoms with E-state index < -0.39 is 27.8 Å². The van der Waals surface area contributed by atoms with Gasteiger partial charge in [0.05, 0.1) is 30.2 Å². The number of carboxylic acids is 1. The fraction of sp³-hybridized carbons (Fsp3) is 0.292. The summed E-state index contributed by atoms with van der Waals surface area (Å²) in [6.07, 6.45) is 2.40. The molecule has 0 spiro atoms. The van der Waals surface area contributed by atoms with Gasteiger partial charge in [-0.05, 0) is 37.4 Å². The van der Waals surface area contributed by atoms with Gasteiger partial charge in [0.15, 0.2) is 0 Å². The molecule has 0 aliphatic rings. The largest absolute Gasteiger partial charge is 0.492 e. The lowest BCUT2D eigenvalue weighted by Crippen LogP contribution is -2.50. The van der Waals surface area contributed by atoms with Crippen LogP contribution in [0.5, 0.6) is 5.75 Å². The average Bonchev–Trinajstić information content (AvgIpc) is 2.88. The minimum absolute atomic E-state index is 0.00734. The second-order valence-electron chi connectivity index (χ2n) is 7.77. The van der Waals surface area contributed by atoms with Gasteiger partial charge in [-0.15, -0.1) is 0 Å². The van der Waals surface area contributed by atoms with Gasteiger partial charge in [0.25, 0.3) is 11.5 Å². The maximum Gasteiger partial charge on any atom is 0.308 e. The van der Waals surface area contributed by atoms with E-state index in [2.05, 4.69) is 15.8 Å². The first-order chi connectivity index (χ1) is 17.1. The van der Waals surface area contributed by atoms with Crippen LogP contribution in [-0.4, -0.2) is 56.5 Å². The molecule has 0 saturated carbocycles. The third kappa shape index (κ3) is 8.18. The van der Waals surface area contributed by atoms with Crippen molar-refractivity contribution < 1.29 is 33.6 Å². The third-order valence-corrected chi connectivity index (χ3v) is 6.44. The monoisotopic (exact) mass is 519 g/mol. The molecule has 1 aromatic carbocycles. The molecule has 2 heterocycles. The van der Waals surface area contributed by atoms with Gasteiger partial charge >= 0.3 is 5.97 Å². The van der Waals surface area contributed by atoms with Crippen molar-refractivity contribution in [1.29, 1.82) is 0 Å². The number of ether oxygens (including phenoxy) is 1. The standard InChI is InChI=1S/C17H21N3O5.C7H9NO2S/c1-11(17(23)24)9-19-16(22)12-7-13-3-4-14(25-6-2-5-18)10-20(13)15(21)8-12;1-8-11(9,10)7-5-3-2-4-6-7/h3-4,7-8,10-11H,2,5-6,9,18H2,1H3,(H,19,22)(H,23,24);2-6,8H,1H3/p+1. The molecule has 11 nitrogen and oxygen atoms in total. The zero-order valence-electron chi connectivity index (χ0n) is 20.1. The van der Waals surface area contributed by atoms with Gasteiger partial charge in [0.2, 0.25) is 10.0 Å². The molecule has 0 fully saturated rings. The van der Waals surface area contributed by atoms with Crippen molar-refractivity contribution in [2.24, 2.45) is 5.92 Å². The molecule has 0 bridgehead atoms. The number of nitrogens with zero attached hydrogens (tertiary/aromatic N) is 1. The lowest BCUT2D eigenvalue weighted by atomic mass is 10.1. The zero-order chi connectivity index (χ0) is 26.7. The molecule has 3 aromatic rings. The van der Waals surface area contributed by atoms with E-state index in [1.54, 1.807) is 54.7 Å². The predicted molar refractivity (Wildman–Crippen MR) is 133 cm³/mol. The molecule has 1 unspecified atom stereocenters. The molecule has 194 valence electrons. The number of hydrogen-bond acceptors (Lipinski definition) is 6. The van der Waals surface area contributed by atoms with E-state index in [4.69, 9.17) is 9.84 Å². The smallest absolute Gasteiger partial charge is 0.308 e. The summed E-state index contributed by atoms with van der Waals surface area (Å²) in [5, 5.41) is 11.4. The lowest BCUT2D eigenvalue weighted by Gasteiger charge is -2.10. The molecule has 6 N–H and O–H groups in total. The number of amides is 1. The van der Waals surface area contributed by atoms with E-state index in [-0.39, 0.29) is 17.7 Å².